The van der Waals surface area contributed by atoms with E-state index in [9.17, 15) is 14.7 Å². The molecule has 4 rings (SSSR count). The molecule has 23 heavy (non-hydrogen) atoms. The van der Waals surface area contributed by atoms with Crippen LogP contribution in [0.1, 0.15) is 5.56 Å². The number of aliphatic hydroxyl groups excluding tert-OH is 1. The first-order chi connectivity index (χ1) is 11.1. The van der Waals surface area contributed by atoms with Gasteiger partial charge in [0.1, 0.15) is 5.76 Å². The van der Waals surface area contributed by atoms with Crippen LogP contribution in [-0.4, -0.2) is 16.7 Å². The molecule has 0 aromatic heterocycles. The van der Waals surface area contributed by atoms with Crippen molar-refractivity contribution in [2.45, 2.75) is 19.6 Å². The second-order valence-electron chi connectivity index (χ2n) is 5.13. The van der Waals surface area contributed by atoms with E-state index in [1.807, 2.05) is 30.3 Å². The first-order valence-electron chi connectivity index (χ1n) is 6.92. The molecule has 2 aromatic rings. The first kappa shape index (κ1) is 14.4. The van der Waals surface area contributed by atoms with Crippen molar-refractivity contribution >= 4 is 40.7 Å². The van der Waals surface area contributed by atoms with Gasteiger partial charge in [-0.15, -0.1) is 0 Å². The van der Waals surface area contributed by atoms with E-state index >= 15 is 0 Å². The predicted molar refractivity (Wildman–Crippen MR) is 89.8 cm³/mol. The highest BCUT2D eigenvalue weighted by atomic mass is 32.2. The van der Waals surface area contributed by atoms with Crippen LogP contribution in [0.4, 0.5) is 0 Å². The zero-order chi connectivity index (χ0) is 16.0. The average Bonchev–Trinajstić information content (AvgIpc) is 2.56. The molecule has 0 saturated carbocycles. The summed E-state index contributed by atoms with van der Waals surface area (Å²) in [5.41, 5.74) is 1.12. The van der Waals surface area contributed by atoms with Crippen LogP contribution < -0.4 is 0 Å². The molecule has 0 fully saturated rings. The Morgan fingerprint density at radius 2 is 1.35 bits per heavy atom. The van der Waals surface area contributed by atoms with E-state index in [0.29, 0.717) is 5.57 Å². The van der Waals surface area contributed by atoms with Gasteiger partial charge in [-0.25, -0.2) is 0 Å². The van der Waals surface area contributed by atoms with Gasteiger partial charge >= 0.3 is 0 Å². The van der Waals surface area contributed by atoms with E-state index in [4.69, 9.17) is 0 Å². The van der Waals surface area contributed by atoms with E-state index in [1.165, 1.54) is 15.9 Å². The van der Waals surface area contributed by atoms with Crippen LogP contribution >= 0.6 is 23.5 Å². The third-order valence-electron chi connectivity index (χ3n) is 3.61. The highest BCUT2D eigenvalue weighted by Crippen LogP contribution is 2.49. The third-order valence-corrected chi connectivity index (χ3v) is 6.15. The van der Waals surface area contributed by atoms with E-state index in [1.54, 1.807) is 23.5 Å². The first-order valence-corrected chi connectivity index (χ1v) is 8.55. The van der Waals surface area contributed by atoms with Gasteiger partial charge in [0.25, 0.3) is 0 Å². The van der Waals surface area contributed by atoms with Crippen LogP contribution in [0.5, 0.6) is 0 Å². The number of ketones is 2. The normalized spacial score (nSPS) is 16.3. The predicted octanol–water partition coefficient (Wildman–Crippen LogP) is 4.28. The van der Waals surface area contributed by atoms with Crippen LogP contribution in [0, 0.1) is 0 Å². The molecule has 0 bridgehead atoms. The minimum absolute atomic E-state index is 0.164. The second-order valence-corrected chi connectivity index (χ2v) is 7.30. The number of aliphatic hydroxyl groups is 1. The van der Waals surface area contributed by atoms with Crippen molar-refractivity contribution in [3.8, 4) is 0 Å². The molecule has 0 radical (unpaired) electrons. The highest BCUT2D eigenvalue weighted by Gasteiger charge is 2.23. The van der Waals surface area contributed by atoms with Gasteiger partial charge in [0.05, 0.1) is 0 Å². The lowest BCUT2D eigenvalue weighted by Gasteiger charge is -2.19. The Labute approximate surface area is 141 Å². The van der Waals surface area contributed by atoms with Crippen molar-refractivity contribution < 1.29 is 14.7 Å². The van der Waals surface area contributed by atoms with Crippen molar-refractivity contribution in [3.63, 3.8) is 0 Å². The van der Waals surface area contributed by atoms with Crippen LogP contribution in [0.15, 0.2) is 80.0 Å². The molecule has 1 aliphatic carbocycles. The van der Waals surface area contributed by atoms with Gasteiger partial charge < -0.3 is 5.11 Å². The molecule has 1 aliphatic heterocycles. The molecule has 0 atom stereocenters. The Hall–Kier alpha value is -2.24. The molecule has 0 saturated heterocycles. The molecule has 1 N–H and O–H groups in total. The number of carbonyl (C=O) groups excluding carboxylic acids is 2. The summed E-state index contributed by atoms with van der Waals surface area (Å²) in [5.74, 6) is -1.46. The topological polar surface area (TPSA) is 54.4 Å². The van der Waals surface area contributed by atoms with E-state index < -0.39 is 11.6 Å². The SMILES string of the molecule is O=C1C=C(O)C(c2ccc3c(c2)Sc2ccccc2S3)=CC1=O. The number of carbonyl (C=O) groups is 2. The van der Waals surface area contributed by atoms with E-state index in [2.05, 4.69) is 12.1 Å². The molecule has 3 nitrogen and oxygen atoms in total. The molecule has 0 unspecified atom stereocenters. The fourth-order valence-electron chi connectivity index (χ4n) is 2.48. The fraction of sp³-hybridized carbons (Fsp3) is 0. The van der Waals surface area contributed by atoms with Crippen LogP contribution in [-0.2, 0) is 9.59 Å². The number of rotatable bonds is 1. The van der Waals surface area contributed by atoms with Gasteiger partial charge in [-0.3, -0.25) is 9.59 Å². The quantitative estimate of drug-likeness (QED) is 0.530. The molecule has 2 aliphatic rings. The Morgan fingerprint density at radius 3 is 2.09 bits per heavy atom. The molecule has 0 spiro atoms. The van der Waals surface area contributed by atoms with Gasteiger partial charge in [0, 0.05) is 37.3 Å². The summed E-state index contributed by atoms with van der Waals surface area (Å²) in [5, 5.41) is 9.98. The summed E-state index contributed by atoms with van der Waals surface area (Å²) in [4.78, 5) is 27.5. The maximum atomic E-state index is 11.6. The fourth-order valence-corrected chi connectivity index (χ4v) is 4.73. The number of hydrogen-bond acceptors (Lipinski definition) is 5. The second kappa shape index (κ2) is 5.44. The van der Waals surface area contributed by atoms with Crippen molar-refractivity contribution in [3.05, 3.63) is 65.9 Å². The van der Waals surface area contributed by atoms with Crippen molar-refractivity contribution in [2.75, 3.05) is 0 Å². The average molecular weight is 338 g/mol. The number of hydrogen-bond donors (Lipinski definition) is 1. The smallest absolute Gasteiger partial charge is 0.229 e. The van der Waals surface area contributed by atoms with Gasteiger partial charge in [0.2, 0.25) is 11.6 Å². The Bertz CT molecular complexity index is 926. The lowest BCUT2D eigenvalue weighted by atomic mass is 9.96. The minimum atomic E-state index is -0.692. The number of benzene rings is 2. The van der Waals surface area contributed by atoms with Gasteiger partial charge in [-0.1, -0.05) is 41.7 Å². The van der Waals surface area contributed by atoms with Crippen LogP contribution in [0.2, 0.25) is 0 Å². The molecule has 0 amide bonds. The van der Waals surface area contributed by atoms with Gasteiger partial charge in [-0.2, -0.15) is 0 Å². The van der Waals surface area contributed by atoms with Crippen molar-refractivity contribution in [1.82, 2.24) is 0 Å². The maximum absolute atomic E-state index is 11.6. The lowest BCUT2D eigenvalue weighted by molar-refractivity contribution is -0.131. The zero-order valence-electron chi connectivity index (χ0n) is 11.8. The third kappa shape index (κ3) is 2.52. The molecule has 5 heteroatoms. The number of fused-ring (bicyclic) bond motifs is 2. The molecule has 1 heterocycles. The lowest BCUT2D eigenvalue weighted by Crippen LogP contribution is -2.14. The highest BCUT2D eigenvalue weighted by molar-refractivity contribution is 8.05. The molecule has 112 valence electrons. The summed E-state index contributed by atoms with van der Waals surface area (Å²) in [6.07, 6.45) is 2.18. The van der Waals surface area contributed by atoms with Gasteiger partial charge in [-0.05, 0) is 29.8 Å². The van der Waals surface area contributed by atoms with Crippen LogP contribution in [0.25, 0.3) is 5.57 Å². The maximum Gasteiger partial charge on any atom is 0.229 e. The molecule has 2 aromatic carbocycles. The zero-order valence-corrected chi connectivity index (χ0v) is 13.4. The van der Waals surface area contributed by atoms with E-state index in [-0.39, 0.29) is 5.76 Å². The molecular formula is C18H10O3S2. The van der Waals surface area contributed by atoms with Crippen molar-refractivity contribution in [1.29, 1.82) is 0 Å². The summed E-state index contributed by atoms with van der Waals surface area (Å²) in [6, 6.07) is 14.0. The standard InChI is InChI=1S/C18H10O3S2/c19-12-9-14(21)13(20)8-11(12)10-5-6-17-18(7-10)23-16-4-2-1-3-15(16)22-17/h1-9,19H. The Kier molecular flexibility index (Phi) is 3.39. The van der Waals surface area contributed by atoms with Crippen molar-refractivity contribution in [2.24, 2.45) is 0 Å². The minimum Gasteiger partial charge on any atom is -0.507 e. The summed E-state index contributed by atoms with van der Waals surface area (Å²) < 4.78 is 0. The number of allylic oxidation sites excluding steroid dienone is 3. The largest absolute Gasteiger partial charge is 0.507 e. The summed E-state index contributed by atoms with van der Waals surface area (Å²) in [7, 11) is 0. The summed E-state index contributed by atoms with van der Waals surface area (Å²) >= 11 is 3.36. The van der Waals surface area contributed by atoms with Crippen LogP contribution in [0.3, 0.4) is 0 Å². The summed E-state index contributed by atoms with van der Waals surface area (Å²) in [6.45, 7) is 0. The van der Waals surface area contributed by atoms with E-state index in [0.717, 1.165) is 21.4 Å². The Balaban J connectivity index is 1.75. The monoisotopic (exact) mass is 338 g/mol. The van der Waals surface area contributed by atoms with Gasteiger partial charge in [0.15, 0.2) is 0 Å². The molecular weight excluding hydrogens is 328 g/mol. The Morgan fingerprint density at radius 1 is 0.739 bits per heavy atom.